The Hall–Kier alpha value is -2.20. The highest BCUT2D eigenvalue weighted by Gasteiger charge is 2.18. The number of aryl methyl sites for hydroxylation is 2. The van der Waals surface area contributed by atoms with Crippen molar-refractivity contribution in [2.75, 3.05) is 13.7 Å². The maximum atomic E-state index is 12.4. The molecule has 0 fully saturated rings. The lowest BCUT2D eigenvalue weighted by Crippen LogP contribution is -2.38. The lowest BCUT2D eigenvalue weighted by atomic mass is 10.1. The molecule has 2 rings (SSSR count). The summed E-state index contributed by atoms with van der Waals surface area (Å²) in [5.41, 5.74) is 2.07. The predicted molar refractivity (Wildman–Crippen MR) is 105 cm³/mol. The van der Waals surface area contributed by atoms with E-state index in [9.17, 15) is 4.79 Å². The average Bonchev–Trinajstić information content (AvgIpc) is 2.66. The number of benzene rings is 2. The van der Waals surface area contributed by atoms with E-state index < -0.39 is 6.10 Å². The zero-order valence-corrected chi connectivity index (χ0v) is 16.3. The maximum Gasteiger partial charge on any atom is 0.261 e. The van der Waals surface area contributed by atoms with Gasteiger partial charge in [0.05, 0.1) is 7.11 Å². The van der Waals surface area contributed by atoms with Gasteiger partial charge in [-0.1, -0.05) is 36.7 Å². The van der Waals surface area contributed by atoms with Gasteiger partial charge in [-0.25, -0.2) is 0 Å². The number of para-hydroxylation sites is 1. The van der Waals surface area contributed by atoms with Crippen molar-refractivity contribution in [2.45, 2.75) is 39.2 Å². The minimum absolute atomic E-state index is 0.0971. The van der Waals surface area contributed by atoms with Crippen LogP contribution in [0.1, 0.15) is 30.9 Å². The van der Waals surface area contributed by atoms with Crippen molar-refractivity contribution in [2.24, 2.45) is 0 Å². The third-order valence-corrected chi connectivity index (χ3v) is 4.61. The van der Waals surface area contributed by atoms with Crippen LogP contribution in [-0.4, -0.2) is 25.7 Å². The normalized spacial score (nSPS) is 11.7. The molecule has 0 aromatic heterocycles. The summed E-state index contributed by atoms with van der Waals surface area (Å²) in [6, 6.07) is 13.3. The van der Waals surface area contributed by atoms with E-state index in [4.69, 9.17) is 21.1 Å². The molecule has 26 heavy (non-hydrogen) atoms. The number of rotatable bonds is 9. The summed E-state index contributed by atoms with van der Waals surface area (Å²) in [5.74, 6) is 1.44. The highest BCUT2D eigenvalue weighted by atomic mass is 35.5. The first kappa shape index (κ1) is 20.1. The van der Waals surface area contributed by atoms with E-state index in [1.807, 2.05) is 44.2 Å². The molecule has 1 amide bonds. The fourth-order valence-corrected chi connectivity index (χ4v) is 2.81. The standard InChI is InChI=1S/C21H26ClNO3/c1-4-19(26-17-11-12-18(22)15(2)14-17)21(24)23-13-7-9-16-8-5-6-10-20(16)25-3/h5-6,8,10-12,14,19H,4,7,9,13H2,1-3H3,(H,23,24)/t19-/m1/s1. The summed E-state index contributed by atoms with van der Waals surface area (Å²) in [6.45, 7) is 4.44. The number of hydrogen-bond acceptors (Lipinski definition) is 3. The van der Waals surface area contributed by atoms with Crippen molar-refractivity contribution in [3.63, 3.8) is 0 Å². The number of ether oxygens (including phenoxy) is 2. The number of hydrogen-bond donors (Lipinski definition) is 1. The second kappa shape index (κ2) is 10.1. The highest BCUT2D eigenvalue weighted by Crippen LogP contribution is 2.22. The minimum atomic E-state index is -0.512. The van der Waals surface area contributed by atoms with Gasteiger partial charge in [-0.15, -0.1) is 0 Å². The zero-order chi connectivity index (χ0) is 18.9. The van der Waals surface area contributed by atoms with Gasteiger partial charge in [0, 0.05) is 11.6 Å². The van der Waals surface area contributed by atoms with Gasteiger partial charge in [0.25, 0.3) is 5.91 Å². The molecular formula is C21H26ClNO3. The van der Waals surface area contributed by atoms with E-state index in [-0.39, 0.29) is 5.91 Å². The summed E-state index contributed by atoms with van der Waals surface area (Å²) in [4.78, 5) is 12.4. The predicted octanol–water partition coefficient (Wildman–Crippen LogP) is 4.56. The number of nitrogens with one attached hydrogen (secondary N) is 1. The summed E-state index contributed by atoms with van der Waals surface area (Å²) in [6.07, 6.45) is 1.77. The first-order valence-corrected chi connectivity index (χ1v) is 9.25. The van der Waals surface area contributed by atoms with Gasteiger partial charge in [-0.3, -0.25) is 4.79 Å². The molecule has 0 saturated carbocycles. The molecule has 4 nitrogen and oxygen atoms in total. The Morgan fingerprint density at radius 1 is 1.23 bits per heavy atom. The summed E-state index contributed by atoms with van der Waals surface area (Å²) < 4.78 is 11.2. The average molecular weight is 376 g/mol. The number of carbonyl (C=O) groups excluding carboxylic acids is 1. The third kappa shape index (κ3) is 5.67. The lowest BCUT2D eigenvalue weighted by molar-refractivity contribution is -0.128. The zero-order valence-electron chi connectivity index (χ0n) is 15.5. The van der Waals surface area contributed by atoms with Crippen molar-refractivity contribution in [1.29, 1.82) is 0 Å². The Morgan fingerprint density at radius 2 is 2.00 bits per heavy atom. The van der Waals surface area contributed by atoms with Crippen molar-refractivity contribution >= 4 is 17.5 Å². The molecule has 0 aliphatic heterocycles. The number of carbonyl (C=O) groups is 1. The maximum absolute atomic E-state index is 12.4. The molecule has 140 valence electrons. The van der Waals surface area contributed by atoms with E-state index >= 15 is 0 Å². The van der Waals surface area contributed by atoms with Gasteiger partial charge in [0.15, 0.2) is 6.10 Å². The first-order chi connectivity index (χ1) is 12.5. The Morgan fingerprint density at radius 3 is 2.69 bits per heavy atom. The topological polar surface area (TPSA) is 47.6 Å². The van der Waals surface area contributed by atoms with Crippen LogP contribution in [0.4, 0.5) is 0 Å². The van der Waals surface area contributed by atoms with E-state index in [1.165, 1.54) is 0 Å². The van der Waals surface area contributed by atoms with E-state index in [1.54, 1.807) is 19.2 Å². The van der Waals surface area contributed by atoms with Crippen molar-refractivity contribution < 1.29 is 14.3 Å². The molecule has 0 spiro atoms. The molecule has 0 radical (unpaired) electrons. The van der Waals surface area contributed by atoms with Crippen LogP contribution in [0.2, 0.25) is 5.02 Å². The molecular weight excluding hydrogens is 350 g/mol. The summed E-state index contributed by atoms with van der Waals surface area (Å²) >= 11 is 6.03. The number of amides is 1. The lowest BCUT2D eigenvalue weighted by Gasteiger charge is -2.18. The van der Waals surface area contributed by atoms with E-state index in [0.29, 0.717) is 23.7 Å². The van der Waals surface area contributed by atoms with Crippen LogP contribution in [0.25, 0.3) is 0 Å². The summed E-state index contributed by atoms with van der Waals surface area (Å²) in [5, 5.41) is 3.64. The SMILES string of the molecule is CC[C@@H](Oc1ccc(Cl)c(C)c1)C(=O)NCCCc1ccccc1OC. The highest BCUT2D eigenvalue weighted by molar-refractivity contribution is 6.31. The van der Waals surface area contributed by atoms with Gasteiger partial charge >= 0.3 is 0 Å². The van der Waals surface area contributed by atoms with E-state index in [0.717, 1.165) is 29.7 Å². The fourth-order valence-electron chi connectivity index (χ4n) is 2.69. The second-order valence-electron chi connectivity index (χ2n) is 6.13. The van der Waals surface area contributed by atoms with Crippen LogP contribution in [0.5, 0.6) is 11.5 Å². The smallest absolute Gasteiger partial charge is 0.261 e. The van der Waals surface area contributed by atoms with Gasteiger partial charge in [-0.2, -0.15) is 0 Å². The first-order valence-electron chi connectivity index (χ1n) is 8.87. The molecule has 0 heterocycles. The summed E-state index contributed by atoms with van der Waals surface area (Å²) in [7, 11) is 1.67. The third-order valence-electron chi connectivity index (χ3n) is 4.19. The monoisotopic (exact) mass is 375 g/mol. The molecule has 2 aromatic rings. The van der Waals surface area contributed by atoms with Crippen molar-refractivity contribution in [1.82, 2.24) is 5.32 Å². The number of methoxy groups -OCH3 is 1. The Bertz CT molecular complexity index is 733. The van der Waals surface area contributed by atoms with Crippen LogP contribution in [0.3, 0.4) is 0 Å². The Labute approximate surface area is 160 Å². The molecule has 5 heteroatoms. The largest absolute Gasteiger partial charge is 0.496 e. The minimum Gasteiger partial charge on any atom is -0.496 e. The molecule has 0 saturated heterocycles. The van der Waals surface area contributed by atoms with E-state index in [2.05, 4.69) is 5.32 Å². The molecule has 2 aromatic carbocycles. The fraction of sp³-hybridized carbons (Fsp3) is 0.381. The van der Waals surface area contributed by atoms with Crippen molar-refractivity contribution in [3.05, 3.63) is 58.6 Å². The van der Waals surface area contributed by atoms with Crippen LogP contribution >= 0.6 is 11.6 Å². The molecule has 0 aliphatic rings. The molecule has 0 bridgehead atoms. The molecule has 0 aliphatic carbocycles. The molecule has 0 unspecified atom stereocenters. The molecule has 1 N–H and O–H groups in total. The Balaban J connectivity index is 1.82. The van der Waals surface area contributed by atoms with Gasteiger partial charge in [0.2, 0.25) is 0 Å². The van der Waals surface area contributed by atoms with Crippen LogP contribution in [0, 0.1) is 6.92 Å². The van der Waals surface area contributed by atoms with Crippen LogP contribution in [-0.2, 0) is 11.2 Å². The van der Waals surface area contributed by atoms with Gasteiger partial charge in [0.1, 0.15) is 11.5 Å². The second-order valence-corrected chi connectivity index (χ2v) is 6.54. The van der Waals surface area contributed by atoms with Gasteiger partial charge < -0.3 is 14.8 Å². The van der Waals surface area contributed by atoms with Crippen LogP contribution in [0.15, 0.2) is 42.5 Å². The number of halogens is 1. The van der Waals surface area contributed by atoms with Crippen LogP contribution < -0.4 is 14.8 Å². The molecule has 1 atom stereocenters. The quantitative estimate of drug-likeness (QED) is 0.653. The van der Waals surface area contributed by atoms with Gasteiger partial charge in [-0.05, 0) is 61.6 Å². The van der Waals surface area contributed by atoms with Crippen molar-refractivity contribution in [3.8, 4) is 11.5 Å². The Kier molecular flexibility index (Phi) is 7.79.